The van der Waals surface area contributed by atoms with Crippen LogP contribution in [0.5, 0.6) is 0 Å². The van der Waals surface area contributed by atoms with E-state index in [0.29, 0.717) is 23.8 Å². The molecule has 1 amide bonds. The molecule has 7 heteroatoms. The second kappa shape index (κ2) is 7.39. The highest BCUT2D eigenvalue weighted by molar-refractivity contribution is 6.06. The summed E-state index contributed by atoms with van der Waals surface area (Å²) in [6.45, 7) is 1.89. The molecule has 6 nitrogen and oxygen atoms in total. The Morgan fingerprint density at radius 1 is 1.23 bits per heavy atom. The maximum absolute atomic E-state index is 12.8. The molecule has 0 unspecified atom stereocenters. The van der Waals surface area contributed by atoms with Crippen LogP contribution in [0.3, 0.4) is 0 Å². The van der Waals surface area contributed by atoms with Gasteiger partial charge in [-0.15, -0.1) is 12.4 Å². The third-order valence-electron chi connectivity index (χ3n) is 5.76. The average Bonchev–Trinajstić information content (AvgIpc) is 3.05. The highest BCUT2D eigenvalue weighted by atomic mass is 35.5. The Balaban J connectivity index is 0.00000196. The molecule has 2 aliphatic rings. The number of carbonyl (C=O) groups excluding carboxylic acids is 1. The van der Waals surface area contributed by atoms with Crippen molar-refractivity contribution in [2.45, 2.75) is 25.0 Å². The number of nitrogens with one attached hydrogen (secondary N) is 2. The Labute approximate surface area is 158 Å². The number of para-hydroxylation sites is 1. The van der Waals surface area contributed by atoms with Crippen LogP contribution in [0.4, 0.5) is 0 Å². The van der Waals surface area contributed by atoms with Gasteiger partial charge in [-0.3, -0.25) is 9.59 Å². The fourth-order valence-electron chi connectivity index (χ4n) is 4.30. The molecule has 1 aliphatic carbocycles. The molecule has 1 aromatic heterocycles. The Bertz CT molecular complexity index is 882. The number of aryl methyl sites for hydroxylation is 1. The van der Waals surface area contributed by atoms with Crippen molar-refractivity contribution in [3.63, 3.8) is 0 Å². The lowest BCUT2D eigenvalue weighted by Gasteiger charge is -2.35. The van der Waals surface area contributed by atoms with E-state index >= 15 is 0 Å². The van der Waals surface area contributed by atoms with Gasteiger partial charge in [0.05, 0.1) is 23.2 Å². The quantitative estimate of drug-likeness (QED) is 0.730. The molecule has 1 saturated carbocycles. The predicted molar refractivity (Wildman–Crippen MR) is 103 cm³/mol. The SMILES string of the molecule is Cl.Cn1c(=O)cc(C(=O)N[C@H]2C[C@H]3CNC[C@H]3C[C@@H]2O)c2ccccc21. The zero-order valence-electron chi connectivity index (χ0n) is 14.6. The van der Waals surface area contributed by atoms with Gasteiger partial charge in [-0.05, 0) is 43.8 Å². The van der Waals surface area contributed by atoms with E-state index in [1.54, 1.807) is 7.05 Å². The van der Waals surface area contributed by atoms with E-state index in [2.05, 4.69) is 10.6 Å². The summed E-state index contributed by atoms with van der Waals surface area (Å²) in [7, 11) is 1.70. The first-order valence-electron chi connectivity index (χ1n) is 8.83. The number of amides is 1. The molecule has 0 radical (unpaired) electrons. The highest BCUT2D eigenvalue weighted by Crippen LogP contribution is 2.33. The summed E-state index contributed by atoms with van der Waals surface area (Å²) in [6.07, 6.45) is 0.940. The predicted octanol–water partition coefficient (Wildman–Crippen LogP) is 1.05. The van der Waals surface area contributed by atoms with Crippen LogP contribution in [-0.2, 0) is 7.05 Å². The molecule has 2 heterocycles. The maximum Gasteiger partial charge on any atom is 0.252 e. The van der Waals surface area contributed by atoms with Gasteiger partial charge in [-0.2, -0.15) is 0 Å². The Kier molecular flexibility index (Phi) is 5.37. The lowest BCUT2D eigenvalue weighted by Crippen LogP contribution is -2.49. The molecule has 4 atom stereocenters. The van der Waals surface area contributed by atoms with Crippen molar-refractivity contribution in [2.24, 2.45) is 18.9 Å². The monoisotopic (exact) mass is 377 g/mol. The van der Waals surface area contributed by atoms with Gasteiger partial charge in [0.2, 0.25) is 0 Å². The van der Waals surface area contributed by atoms with Gasteiger partial charge >= 0.3 is 0 Å². The Hall–Kier alpha value is -1.89. The first kappa shape index (κ1) is 18.9. The number of nitrogens with zero attached hydrogens (tertiary/aromatic N) is 1. The molecule has 140 valence electrons. The maximum atomic E-state index is 12.8. The number of aliphatic hydroxyl groups is 1. The van der Waals surface area contributed by atoms with E-state index in [9.17, 15) is 14.7 Å². The summed E-state index contributed by atoms with van der Waals surface area (Å²) in [4.78, 5) is 25.0. The number of hydrogen-bond donors (Lipinski definition) is 3. The number of rotatable bonds is 2. The van der Waals surface area contributed by atoms with Crippen molar-refractivity contribution >= 4 is 29.2 Å². The van der Waals surface area contributed by atoms with Crippen molar-refractivity contribution in [1.29, 1.82) is 0 Å². The number of aliphatic hydroxyl groups excluding tert-OH is 1. The van der Waals surface area contributed by atoms with Gasteiger partial charge in [-0.1, -0.05) is 18.2 Å². The minimum atomic E-state index is -0.539. The van der Waals surface area contributed by atoms with Crippen LogP contribution >= 0.6 is 12.4 Å². The molecule has 1 saturated heterocycles. The summed E-state index contributed by atoms with van der Waals surface area (Å²) in [5.74, 6) is 0.699. The first-order valence-corrected chi connectivity index (χ1v) is 8.83. The Morgan fingerprint density at radius 3 is 2.69 bits per heavy atom. The molecule has 26 heavy (non-hydrogen) atoms. The summed E-state index contributed by atoms with van der Waals surface area (Å²) >= 11 is 0. The standard InChI is InChI=1S/C19H23N3O3.ClH/c1-22-16-5-3-2-4-13(16)14(8-18(22)24)19(25)21-15-6-11-9-20-10-12(11)7-17(15)23;/h2-5,8,11-12,15,17,20,23H,6-7,9-10H2,1H3,(H,21,25);1H/t11-,12+,15-,17-;/m0./s1. The average molecular weight is 378 g/mol. The van der Waals surface area contributed by atoms with Crippen LogP contribution in [-0.4, -0.2) is 40.8 Å². The van der Waals surface area contributed by atoms with Crippen LogP contribution in [0, 0.1) is 11.8 Å². The summed E-state index contributed by atoms with van der Waals surface area (Å²) < 4.78 is 1.54. The molecule has 1 aliphatic heterocycles. The van der Waals surface area contributed by atoms with Gasteiger partial charge in [0.15, 0.2) is 0 Å². The molecule has 2 fully saturated rings. The number of hydrogen-bond acceptors (Lipinski definition) is 4. The third-order valence-corrected chi connectivity index (χ3v) is 5.76. The zero-order valence-corrected chi connectivity index (χ0v) is 15.5. The van der Waals surface area contributed by atoms with Crippen LogP contribution in [0.15, 0.2) is 35.1 Å². The summed E-state index contributed by atoms with van der Waals surface area (Å²) in [5, 5.41) is 17.5. The van der Waals surface area contributed by atoms with E-state index in [-0.39, 0.29) is 29.9 Å². The second-order valence-electron chi connectivity index (χ2n) is 7.27. The molecule has 2 aromatic rings. The number of benzene rings is 1. The molecular weight excluding hydrogens is 354 g/mol. The van der Waals surface area contributed by atoms with E-state index in [1.807, 2.05) is 24.3 Å². The fourth-order valence-corrected chi connectivity index (χ4v) is 4.30. The zero-order chi connectivity index (χ0) is 17.6. The van der Waals surface area contributed by atoms with Crippen molar-refractivity contribution in [1.82, 2.24) is 15.2 Å². The van der Waals surface area contributed by atoms with Crippen LogP contribution in [0.25, 0.3) is 10.9 Å². The first-order chi connectivity index (χ1) is 12.0. The van der Waals surface area contributed by atoms with Crippen LogP contribution in [0.2, 0.25) is 0 Å². The van der Waals surface area contributed by atoms with Gasteiger partial charge in [0.25, 0.3) is 11.5 Å². The van der Waals surface area contributed by atoms with Gasteiger partial charge < -0.3 is 20.3 Å². The van der Waals surface area contributed by atoms with E-state index in [4.69, 9.17) is 0 Å². The van der Waals surface area contributed by atoms with Crippen molar-refractivity contribution in [3.8, 4) is 0 Å². The minimum Gasteiger partial charge on any atom is -0.391 e. The number of pyridine rings is 1. The van der Waals surface area contributed by atoms with Crippen molar-refractivity contribution < 1.29 is 9.90 Å². The van der Waals surface area contributed by atoms with E-state index < -0.39 is 6.10 Å². The minimum absolute atomic E-state index is 0. The van der Waals surface area contributed by atoms with E-state index in [0.717, 1.165) is 30.4 Å². The lowest BCUT2D eigenvalue weighted by molar-refractivity contribution is 0.0462. The van der Waals surface area contributed by atoms with E-state index in [1.165, 1.54) is 10.6 Å². The number of fused-ring (bicyclic) bond motifs is 2. The molecule has 0 bridgehead atoms. The molecule has 0 spiro atoms. The molecule has 3 N–H and O–H groups in total. The van der Waals surface area contributed by atoms with Gasteiger partial charge in [0, 0.05) is 18.5 Å². The topological polar surface area (TPSA) is 83.4 Å². The summed E-state index contributed by atoms with van der Waals surface area (Å²) in [6, 6.07) is 8.49. The molecule has 1 aromatic carbocycles. The second-order valence-corrected chi connectivity index (χ2v) is 7.27. The molecular formula is C19H24ClN3O3. The van der Waals surface area contributed by atoms with Gasteiger partial charge in [0.1, 0.15) is 0 Å². The van der Waals surface area contributed by atoms with Crippen LogP contribution < -0.4 is 16.2 Å². The Morgan fingerprint density at radius 2 is 1.92 bits per heavy atom. The van der Waals surface area contributed by atoms with Gasteiger partial charge in [-0.25, -0.2) is 0 Å². The fraction of sp³-hybridized carbons (Fsp3) is 0.474. The van der Waals surface area contributed by atoms with Crippen LogP contribution in [0.1, 0.15) is 23.2 Å². The molecule has 4 rings (SSSR count). The normalized spacial score (nSPS) is 27.6. The van der Waals surface area contributed by atoms with Crippen molar-refractivity contribution in [3.05, 3.63) is 46.2 Å². The van der Waals surface area contributed by atoms with Crippen molar-refractivity contribution in [2.75, 3.05) is 13.1 Å². The third kappa shape index (κ3) is 3.24. The highest BCUT2D eigenvalue weighted by Gasteiger charge is 2.39. The smallest absolute Gasteiger partial charge is 0.252 e. The number of halogens is 1. The number of aromatic nitrogens is 1. The largest absolute Gasteiger partial charge is 0.391 e. The lowest BCUT2D eigenvalue weighted by atomic mass is 9.77. The summed E-state index contributed by atoms with van der Waals surface area (Å²) in [5.41, 5.74) is 0.884. The number of carbonyl (C=O) groups is 1.